The molecule has 0 heterocycles. The lowest BCUT2D eigenvalue weighted by molar-refractivity contribution is -0.140. The van der Waals surface area contributed by atoms with Gasteiger partial charge in [-0.25, -0.2) is 0 Å². The van der Waals surface area contributed by atoms with Crippen LogP contribution in [0.3, 0.4) is 0 Å². The van der Waals surface area contributed by atoms with E-state index in [4.69, 9.17) is 11.5 Å². The highest BCUT2D eigenvalue weighted by atomic mass is 16.4. The maximum absolute atomic E-state index is 9.97. The summed E-state index contributed by atoms with van der Waals surface area (Å²) in [6.45, 7) is 1.55. The average molecular weight is 111 g/mol. The molecule has 2 nitrogen and oxygen atoms in total. The molecule has 1 radical (unpaired) electrons. The van der Waals surface area contributed by atoms with Crippen molar-refractivity contribution in [1.82, 2.24) is 0 Å². The van der Waals surface area contributed by atoms with E-state index < -0.39 is 11.9 Å². The molecule has 1 N–H and O–H groups in total. The molecule has 1 unspecified atom stereocenters. The molecule has 0 aliphatic rings. The lowest BCUT2D eigenvalue weighted by Crippen LogP contribution is -2.07. The molecule has 0 rings (SSSR count). The molecule has 0 bridgehead atoms. The fourth-order valence-electron chi connectivity index (χ4n) is 0.240. The van der Waals surface area contributed by atoms with Gasteiger partial charge in [0.1, 0.15) is 0 Å². The summed E-state index contributed by atoms with van der Waals surface area (Å²) in [4.78, 5) is 9.97. The van der Waals surface area contributed by atoms with Crippen molar-refractivity contribution in [2.45, 2.75) is 13.3 Å². The second kappa shape index (κ2) is 3.09. The molecule has 0 spiro atoms. The Morgan fingerprint density at radius 1 is 2.00 bits per heavy atom. The van der Waals surface area contributed by atoms with Crippen molar-refractivity contribution in [1.29, 1.82) is 0 Å². The van der Waals surface area contributed by atoms with Crippen LogP contribution < -0.4 is 0 Å². The highest BCUT2D eigenvalue weighted by Crippen LogP contribution is 1.97. The van der Waals surface area contributed by atoms with Gasteiger partial charge in [-0.15, -0.1) is 0 Å². The van der Waals surface area contributed by atoms with E-state index in [2.05, 4.69) is 0 Å². The molecule has 0 amide bonds. The van der Waals surface area contributed by atoms with E-state index in [1.807, 2.05) is 5.92 Å². The molecular weight excluding hydrogens is 104 g/mol. The minimum absolute atomic E-state index is 0.204. The first-order valence-electron chi connectivity index (χ1n) is 2.31. The zero-order chi connectivity index (χ0) is 6.57. The van der Waals surface area contributed by atoms with Crippen molar-refractivity contribution in [3.05, 3.63) is 6.42 Å². The van der Waals surface area contributed by atoms with Gasteiger partial charge in [0.05, 0.1) is 5.92 Å². The molecule has 0 aromatic carbocycles. The molecule has 0 aliphatic carbocycles. The van der Waals surface area contributed by atoms with Crippen LogP contribution in [0.25, 0.3) is 0 Å². The van der Waals surface area contributed by atoms with Gasteiger partial charge in [-0.2, -0.15) is 0 Å². The Labute approximate surface area is 48.5 Å². The van der Waals surface area contributed by atoms with Crippen LogP contribution in [0.4, 0.5) is 0 Å². The standard InChI is InChI=1S/C6H7O2/c1-3-4-5(2)6(7)8/h5H,4H2,2H3,(H,7,8). The first-order valence-corrected chi connectivity index (χ1v) is 2.31. The van der Waals surface area contributed by atoms with Crippen LogP contribution in [0.15, 0.2) is 0 Å². The fourth-order valence-corrected chi connectivity index (χ4v) is 0.240. The summed E-state index contributed by atoms with van der Waals surface area (Å²) in [7, 11) is 0. The third-order valence-electron chi connectivity index (χ3n) is 0.830. The summed E-state index contributed by atoms with van der Waals surface area (Å²) in [5, 5.41) is 8.19. The van der Waals surface area contributed by atoms with Crippen LogP contribution in [0.2, 0.25) is 0 Å². The van der Waals surface area contributed by atoms with Crippen molar-refractivity contribution in [2.24, 2.45) is 5.92 Å². The number of hydrogen-bond donors (Lipinski definition) is 1. The molecule has 0 saturated heterocycles. The van der Waals surface area contributed by atoms with Gasteiger partial charge in [0, 0.05) is 6.42 Å². The summed E-state index contributed by atoms with van der Waals surface area (Å²) < 4.78 is 0. The van der Waals surface area contributed by atoms with Crippen LogP contribution >= 0.6 is 0 Å². The van der Waals surface area contributed by atoms with Crippen LogP contribution in [-0.2, 0) is 4.79 Å². The molecule has 0 aromatic rings. The van der Waals surface area contributed by atoms with Crippen LogP contribution in [0, 0.1) is 18.3 Å². The van der Waals surface area contributed by atoms with E-state index in [9.17, 15) is 4.79 Å². The molecule has 1 atom stereocenters. The Balaban J connectivity index is 3.52. The van der Waals surface area contributed by atoms with Crippen LogP contribution in [0.1, 0.15) is 13.3 Å². The van der Waals surface area contributed by atoms with Crippen molar-refractivity contribution in [2.75, 3.05) is 0 Å². The van der Waals surface area contributed by atoms with E-state index in [0.717, 1.165) is 0 Å². The summed E-state index contributed by atoms with van der Waals surface area (Å²) in [5.41, 5.74) is 0. The maximum atomic E-state index is 9.97. The number of aliphatic carboxylic acids is 1. The minimum Gasteiger partial charge on any atom is -0.481 e. The van der Waals surface area contributed by atoms with Crippen LogP contribution in [-0.4, -0.2) is 11.1 Å². The molecule has 43 valence electrons. The first kappa shape index (κ1) is 7.03. The summed E-state index contributed by atoms with van der Waals surface area (Å²) in [6, 6.07) is 0. The third kappa shape index (κ3) is 2.25. The SMILES string of the molecule is [C]#CCC(C)C(=O)O. The second-order valence-corrected chi connectivity index (χ2v) is 1.62. The fraction of sp³-hybridized carbons (Fsp3) is 0.500. The average Bonchev–Trinajstić information content (AvgIpc) is 1.67. The topological polar surface area (TPSA) is 37.3 Å². The number of hydrogen-bond acceptors (Lipinski definition) is 1. The Morgan fingerprint density at radius 2 is 2.50 bits per heavy atom. The smallest absolute Gasteiger partial charge is 0.307 e. The maximum Gasteiger partial charge on any atom is 0.307 e. The van der Waals surface area contributed by atoms with E-state index in [0.29, 0.717) is 0 Å². The van der Waals surface area contributed by atoms with Gasteiger partial charge < -0.3 is 5.11 Å². The monoisotopic (exact) mass is 111 g/mol. The zero-order valence-electron chi connectivity index (χ0n) is 4.64. The Hall–Kier alpha value is -0.970. The molecule has 0 fully saturated rings. The summed E-state index contributed by atoms with van der Waals surface area (Å²) >= 11 is 0. The van der Waals surface area contributed by atoms with E-state index in [-0.39, 0.29) is 6.42 Å². The van der Waals surface area contributed by atoms with Gasteiger partial charge in [-0.1, -0.05) is 12.8 Å². The van der Waals surface area contributed by atoms with Crippen molar-refractivity contribution < 1.29 is 9.90 Å². The molecule has 0 aliphatic heterocycles. The second-order valence-electron chi connectivity index (χ2n) is 1.62. The highest BCUT2D eigenvalue weighted by molar-refractivity contribution is 5.69. The number of carbonyl (C=O) groups is 1. The van der Waals surface area contributed by atoms with Gasteiger partial charge in [-0.05, 0) is 6.42 Å². The van der Waals surface area contributed by atoms with Gasteiger partial charge in [-0.3, -0.25) is 4.79 Å². The Morgan fingerprint density at radius 3 is 2.62 bits per heavy atom. The largest absolute Gasteiger partial charge is 0.481 e. The molecule has 2 heteroatoms. The summed E-state index contributed by atoms with van der Waals surface area (Å²) in [6.07, 6.45) is 6.62. The van der Waals surface area contributed by atoms with E-state index in [1.54, 1.807) is 6.92 Å². The Bertz CT molecular complexity index is 121. The number of rotatable bonds is 2. The van der Waals surface area contributed by atoms with Gasteiger partial charge in [0.25, 0.3) is 0 Å². The van der Waals surface area contributed by atoms with Gasteiger partial charge >= 0.3 is 5.97 Å². The van der Waals surface area contributed by atoms with Gasteiger partial charge in [0.2, 0.25) is 0 Å². The van der Waals surface area contributed by atoms with Crippen LogP contribution in [0.5, 0.6) is 0 Å². The Kier molecular flexibility index (Phi) is 2.71. The van der Waals surface area contributed by atoms with Crippen molar-refractivity contribution in [3.8, 4) is 5.92 Å². The predicted molar refractivity (Wildman–Crippen MR) is 28.5 cm³/mol. The lowest BCUT2D eigenvalue weighted by Gasteiger charge is -1.95. The van der Waals surface area contributed by atoms with Gasteiger partial charge in [0.15, 0.2) is 0 Å². The minimum atomic E-state index is -0.871. The normalized spacial score (nSPS) is 12.0. The zero-order valence-corrected chi connectivity index (χ0v) is 4.64. The quantitative estimate of drug-likeness (QED) is 0.532. The number of carboxylic acids is 1. The molecule has 0 saturated carbocycles. The summed E-state index contributed by atoms with van der Waals surface area (Å²) in [5.74, 6) is 0.682. The van der Waals surface area contributed by atoms with Crippen molar-refractivity contribution >= 4 is 5.97 Å². The lowest BCUT2D eigenvalue weighted by atomic mass is 10.1. The predicted octanol–water partition coefficient (Wildman–Crippen LogP) is 0.687. The highest BCUT2D eigenvalue weighted by Gasteiger charge is 2.06. The molecule has 8 heavy (non-hydrogen) atoms. The first-order chi connectivity index (χ1) is 3.68. The third-order valence-corrected chi connectivity index (χ3v) is 0.830. The van der Waals surface area contributed by atoms with Crippen molar-refractivity contribution in [3.63, 3.8) is 0 Å². The molecular formula is C6H7O2. The van der Waals surface area contributed by atoms with E-state index in [1.165, 1.54) is 0 Å². The van der Waals surface area contributed by atoms with E-state index >= 15 is 0 Å². The number of carboxylic acid groups (broad SMARTS) is 1. The molecule has 0 aromatic heterocycles.